The van der Waals surface area contributed by atoms with Gasteiger partial charge in [0.25, 0.3) is 0 Å². The van der Waals surface area contributed by atoms with Crippen LogP contribution < -0.4 is 9.62 Å². The van der Waals surface area contributed by atoms with Crippen molar-refractivity contribution in [2.45, 2.75) is 0 Å². The van der Waals surface area contributed by atoms with Gasteiger partial charge in [0.05, 0.1) is 22.0 Å². The Morgan fingerprint density at radius 3 is 2.29 bits per heavy atom. The van der Waals surface area contributed by atoms with Crippen molar-refractivity contribution >= 4 is 62.1 Å². The first kappa shape index (κ1) is 18.9. The molecule has 9 heteroatoms. The average Bonchev–Trinajstić information content (AvgIpc) is 2.49. The number of sulfonamides is 1. The molecule has 24 heavy (non-hydrogen) atoms. The molecule has 0 atom stereocenters. The lowest BCUT2D eigenvalue weighted by Crippen LogP contribution is -2.37. The van der Waals surface area contributed by atoms with Crippen molar-refractivity contribution in [3.05, 3.63) is 57.5 Å². The maximum Gasteiger partial charge on any atom is 0.245 e. The quantitative estimate of drug-likeness (QED) is 0.813. The molecule has 0 fully saturated rings. The Labute approximate surface area is 155 Å². The minimum atomic E-state index is -3.74. The van der Waals surface area contributed by atoms with Gasteiger partial charge in [0.2, 0.25) is 15.9 Å². The Bertz CT molecular complexity index is 855. The number of hydrogen-bond donors (Lipinski definition) is 1. The molecule has 0 saturated heterocycles. The van der Waals surface area contributed by atoms with E-state index in [1.54, 1.807) is 30.3 Å². The predicted octanol–water partition coefficient (Wildman–Crippen LogP) is 4.05. The molecule has 0 aliphatic carbocycles. The van der Waals surface area contributed by atoms with E-state index in [2.05, 4.69) is 5.32 Å². The lowest BCUT2D eigenvalue weighted by Gasteiger charge is -2.23. The fraction of sp³-hybridized carbons (Fsp3) is 0.133. The first-order valence-electron chi connectivity index (χ1n) is 6.65. The Morgan fingerprint density at radius 1 is 1.08 bits per heavy atom. The van der Waals surface area contributed by atoms with E-state index in [1.807, 2.05) is 0 Å². The van der Waals surface area contributed by atoms with E-state index < -0.39 is 22.5 Å². The van der Waals surface area contributed by atoms with Crippen LogP contribution in [0.4, 0.5) is 11.4 Å². The summed E-state index contributed by atoms with van der Waals surface area (Å²) >= 11 is 17.8. The number of halogens is 3. The van der Waals surface area contributed by atoms with Crippen molar-refractivity contribution < 1.29 is 13.2 Å². The molecular weight excluding hydrogens is 395 g/mol. The number of benzene rings is 2. The molecule has 128 valence electrons. The summed E-state index contributed by atoms with van der Waals surface area (Å²) in [5.74, 6) is -0.529. The van der Waals surface area contributed by atoms with E-state index in [4.69, 9.17) is 34.8 Å². The van der Waals surface area contributed by atoms with E-state index in [1.165, 1.54) is 12.1 Å². The zero-order chi connectivity index (χ0) is 17.9. The van der Waals surface area contributed by atoms with Gasteiger partial charge < -0.3 is 5.32 Å². The van der Waals surface area contributed by atoms with E-state index in [9.17, 15) is 13.2 Å². The van der Waals surface area contributed by atoms with Crippen LogP contribution in [0.1, 0.15) is 0 Å². The molecule has 2 aromatic carbocycles. The maximum atomic E-state index is 12.2. The van der Waals surface area contributed by atoms with E-state index in [0.29, 0.717) is 10.7 Å². The van der Waals surface area contributed by atoms with Crippen LogP contribution in [-0.4, -0.2) is 27.1 Å². The van der Waals surface area contributed by atoms with Gasteiger partial charge in [-0.2, -0.15) is 0 Å². The minimum absolute atomic E-state index is 0.0592. The highest BCUT2D eigenvalue weighted by Crippen LogP contribution is 2.33. The van der Waals surface area contributed by atoms with Crippen molar-refractivity contribution in [2.24, 2.45) is 0 Å². The molecule has 2 rings (SSSR count). The molecule has 0 heterocycles. The highest BCUT2D eigenvalue weighted by atomic mass is 35.5. The summed E-state index contributed by atoms with van der Waals surface area (Å²) in [6, 6.07) is 11.0. The van der Waals surface area contributed by atoms with Gasteiger partial charge in [0.15, 0.2) is 0 Å². The summed E-state index contributed by atoms with van der Waals surface area (Å²) in [4.78, 5) is 12.2. The zero-order valence-corrected chi connectivity index (χ0v) is 15.5. The highest BCUT2D eigenvalue weighted by Gasteiger charge is 2.23. The molecule has 0 saturated carbocycles. The topological polar surface area (TPSA) is 66.5 Å². The number of amides is 1. The molecule has 0 aliphatic heterocycles. The Hall–Kier alpha value is -1.47. The normalized spacial score (nSPS) is 11.2. The monoisotopic (exact) mass is 406 g/mol. The molecule has 1 N–H and O–H groups in total. The SMILES string of the molecule is CS(=O)(=O)N(CC(=O)Nc1ccc(Cl)cc1)c1cccc(Cl)c1Cl. The molecule has 5 nitrogen and oxygen atoms in total. The van der Waals surface area contributed by atoms with Gasteiger partial charge in [-0.05, 0) is 36.4 Å². The summed E-state index contributed by atoms with van der Waals surface area (Å²) < 4.78 is 25.0. The number of nitrogens with one attached hydrogen (secondary N) is 1. The van der Waals surface area contributed by atoms with Crippen LogP contribution in [0.3, 0.4) is 0 Å². The Morgan fingerprint density at radius 2 is 1.71 bits per heavy atom. The number of nitrogens with zero attached hydrogens (tertiary/aromatic N) is 1. The largest absolute Gasteiger partial charge is 0.325 e. The second-order valence-electron chi connectivity index (χ2n) is 4.90. The highest BCUT2D eigenvalue weighted by molar-refractivity contribution is 7.92. The van der Waals surface area contributed by atoms with Gasteiger partial charge in [0, 0.05) is 10.7 Å². The average molecular weight is 408 g/mol. The zero-order valence-electron chi connectivity index (χ0n) is 12.5. The van der Waals surface area contributed by atoms with Gasteiger partial charge in [0.1, 0.15) is 6.54 Å². The molecule has 0 aliphatic rings. The van der Waals surface area contributed by atoms with Crippen LogP contribution in [0, 0.1) is 0 Å². The van der Waals surface area contributed by atoms with Crippen molar-refractivity contribution in [3.63, 3.8) is 0 Å². The van der Waals surface area contributed by atoms with Gasteiger partial charge in [-0.25, -0.2) is 8.42 Å². The van der Waals surface area contributed by atoms with Crippen LogP contribution in [0.2, 0.25) is 15.1 Å². The van der Waals surface area contributed by atoms with Crippen molar-refractivity contribution in [1.29, 1.82) is 0 Å². The van der Waals surface area contributed by atoms with Gasteiger partial charge in [-0.15, -0.1) is 0 Å². The lowest BCUT2D eigenvalue weighted by molar-refractivity contribution is -0.114. The minimum Gasteiger partial charge on any atom is -0.325 e. The summed E-state index contributed by atoms with van der Waals surface area (Å²) in [5.41, 5.74) is 0.632. The third-order valence-electron chi connectivity index (χ3n) is 3.02. The number of carbonyl (C=O) groups excluding carboxylic acids is 1. The van der Waals surface area contributed by atoms with Gasteiger partial charge in [-0.1, -0.05) is 40.9 Å². The maximum absolute atomic E-state index is 12.2. The molecule has 0 unspecified atom stereocenters. The third kappa shape index (κ3) is 4.77. The molecule has 2 aromatic rings. The number of rotatable bonds is 5. The van der Waals surface area contributed by atoms with Crippen LogP contribution in [0.15, 0.2) is 42.5 Å². The number of hydrogen-bond acceptors (Lipinski definition) is 3. The van der Waals surface area contributed by atoms with Crippen molar-refractivity contribution in [3.8, 4) is 0 Å². The van der Waals surface area contributed by atoms with Crippen LogP contribution in [0.25, 0.3) is 0 Å². The fourth-order valence-electron chi connectivity index (χ4n) is 1.93. The Kier molecular flexibility index (Phi) is 5.98. The lowest BCUT2D eigenvalue weighted by atomic mass is 10.3. The molecular formula is C15H13Cl3N2O3S. The molecule has 0 radical (unpaired) electrons. The van der Waals surface area contributed by atoms with E-state index >= 15 is 0 Å². The van der Waals surface area contributed by atoms with Gasteiger partial charge in [-0.3, -0.25) is 9.10 Å². The summed E-state index contributed by atoms with van der Waals surface area (Å²) in [6.07, 6.45) is 0.986. The van der Waals surface area contributed by atoms with Gasteiger partial charge >= 0.3 is 0 Å². The smallest absolute Gasteiger partial charge is 0.245 e. The first-order chi connectivity index (χ1) is 11.2. The third-order valence-corrected chi connectivity index (χ3v) is 5.20. The number of carbonyl (C=O) groups is 1. The summed E-state index contributed by atoms with van der Waals surface area (Å²) in [5, 5.41) is 3.37. The van der Waals surface area contributed by atoms with Crippen LogP contribution in [-0.2, 0) is 14.8 Å². The molecule has 0 bridgehead atoms. The predicted molar refractivity (Wildman–Crippen MR) is 98.7 cm³/mol. The molecule has 0 spiro atoms. The first-order valence-corrected chi connectivity index (χ1v) is 9.64. The van der Waals surface area contributed by atoms with E-state index in [0.717, 1.165) is 10.6 Å². The second kappa shape index (κ2) is 7.61. The van der Waals surface area contributed by atoms with Crippen molar-refractivity contribution in [1.82, 2.24) is 0 Å². The standard InChI is InChI=1S/C15H13Cl3N2O3S/c1-24(22,23)20(13-4-2-3-12(17)15(13)18)9-14(21)19-11-7-5-10(16)6-8-11/h2-8H,9H2,1H3,(H,19,21). The second-order valence-corrected chi connectivity index (χ2v) is 8.03. The summed E-state index contributed by atoms with van der Waals surface area (Å²) in [7, 11) is -3.74. The fourth-order valence-corrected chi connectivity index (χ4v) is 3.37. The molecule has 1 amide bonds. The molecule has 0 aromatic heterocycles. The van der Waals surface area contributed by atoms with Crippen molar-refractivity contribution in [2.75, 3.05) is 22.4 Å². The Balaban J connectivity index is 2.25. The van der Waals surface area contributed by atoms with E-state index in [-0.39, 0.29) is 15.7 Å². The van der Waals surface area contributed by atoms with Crippen LogP contribution in [0.5, 0.6) is 0 Å². The summed E-state index contributed by atoms with van der Waals surface area (Å²) in [6.45, 7) is -0.443. The number of anilines is 2. The van der Waals surface area contributed by atoms with Crippen LogP contribution >= 0.6 is 34.8 Å².